The summed E-state index contributed by atoms with van der Waals surface area (Å²) in [5, 5.41) is 9.29. The first-order valence-electron chi connectivity index (χ1n) is 8.51. The molecule has 1 heterocycles. The fraction of sp³-hybridized carbons (Fsp3) is 0.158. The standard InChI is InChI=1S/C19H18N2O7S/c1-12(19(24)28-17-10-20-16-5-3-2-4-15(16)17)21-29(25,26)14-8-6-13(7-9-14)27-11-18(22)23/h2-10,12,20-21H,11H2,1H3,(H,22,23)/t12-/m0/s1. The Hall–Kier alpha value is -3.37. The first kappa shape index (κ1) is 20.4. The van der Waals surface area contributed by atoms with Crippen LogP contribution < -0.4 is 14.2 Å². The largest absolute Gasteiger partial charge is 0.482 e. The van der Waals surface area contributed by atoms with E-state index < -0.39 is 34.6 Å². The molecule has 29 heavy (non-hydrogen) atoms. The average Bonchev–Trinajstić information content (AvgIpc) is 3.09. The second kappa shape index (κ2) is 8.33. The van der Waals surface area contributed by atoms with Crippen LogP contribution in [0, 0.1) is 0 Å². The number of carboxylic acids is 1. The number of sulfonamides is 1. The van der Waals surface area contributed by atoms with Crippen molar-refractivity contribution in [1.82, 2.24) is 9.71 Å². The van der Waals surface area contributed by atoms with Gasteiger partial charge in [0.1, 0.15) is 11.8 Å². The third-order valence-electron chi connectivity index (χ3n) is 3.94. The monoisotopic (exact) mass is 418 g/mol. The van der Waals surface area contributed by atoms with E-state index in [-0.39, 0.29) is 10.6 Å². The smallest absolute Gasteiger partial charge is 0.341 e. The lowest BCUT2D eigenvalue weighted by Gasteiger charge is -2.13. The van der Waals surface area contributed by atoms with Gasteiger partial charge in [0.05, 0.1) is 4.90 Å². The van der Waals surface area contributed by atoms with Gasteiger partial charge in [-0.25, -0.2) is 18.0 Å². The summed E-state index contributed by atoms with van der Waals surface area (Å²) in [6.45, 7) is 0.833. The minimum atomic E-state index is -4.00. The summed E-state index contributed by atoms with van der Waals surface area (Å²) in [6.07, 6.45) is 1.53. The number of H-pyrrole nitrogens is 1. The van der Waals surface area contributed by atoms with Gasteiger partial charge in [0, 0.05) is 17.1 Å². The molecule has 9 nitrogen and oxygen atoms in total. The molecule has 0 radical (unpaired) electrons. The lowest BCUT2D eigenvalue weighted by atomic mass is 10.2. The van der Waals surface area contributed by atoms with Gasteiger partial charge in [-0.15, -0.1) is 0 Å². The van der Waals surface area contributed by atoms with Crippen molar-refractivity contribution in [2.75, 3.05) is 6.61 Å². The molecule has 0 bridgehead atoms. The van der Waals surface area contributed by atoms with Gasteiger partial charge in [-0.05, 0) is 43.3 Å². The number of aliphatic carboxylic acids is 1. The molecule has 10 heteroatoms. The van der Waals surface area contributed by atoms with Gasteiger partial charge >= 0.3 is 11.9 Å². The number of benzene rings is 2. The summed E-state index contributed by atoms with van der Waals surface area (Å²) in [5.41, 5.74) is 0.786. The highest BCUT2D eigenvalue weighted by Gasteiger charge is 2.24. The zero-order valence-corrected chi connectivity index (χ0v) is 16.1. The molecule has 0 saturated heterocycles. The Balaban J connectivity index is 1.66. The van der Waals surface area contributed by atoms with E-state index in [2.05, 4.69) is 9.71 Å². The lowest BCUT2D eigenvalue weighted by molar-refractivity contribution is -0.139. The highest BCUT2D eigenvalue weighted by molar-refractivity contribution is 7.89. The molecule has 0 aliphatic carbocycles. The number of rotatable bonds is 8. The van der Waals surface area contributed by atoms with E-state index in [1.165, 1.54) is 37.4 Å². The number of ether oxygens (including phenoxy) is 2. The van der Waals surface area contributed by atoms with Gasteiger partial charge < -0.3 is 19.6 Å². The molecule has 3 aromatic rings. The predicted octanol–water partition coefficient (Wildman–Crippen LogP) is 1.90. The number of hydrogen-bond acceptors (Lipinski definition) is 6. The minimum absolute atomic E-state index is 0.105. The number of para-hydroxylation sites is 1. The van der Waals surface area contributed by atoms with Crippen molar-refractivity contribution < 1.29 is 32.6 Å². The number of carboxylic acid groups (broad SMARTS) is 1. The summed E-state index contributed by atoms with van der Waals surface area (Å²) in [4.78, 5) is 25.7. The number of fused-ring (bicyclic) bond motifs is 1. The third kappa shape index (κ3) is 4.92. The van der Waals surface area contributed by atoms with Crippen molar-refractivity contribution in [3.05, 3.63) is 54.7 Å². The van der Waals surface area contributed by atoms with E-state index in [4.69, 9.17) is 14.6 Å². The van der Waals surface area contributed by atoms with Gasteiger partial charge in [-0.2, -0.15) is 4.72 Å². The molecule has 0 fully saturated rings. The highest BCUT2D eigenvalue weighted by Crippen LogP contribution is 2.25. The zero-order valence-electron chi connectivity index (χ0n) is 15.3. The van der Waals surface area contributed by atoms with E-state index in [9.17, 15) is 18.0 Å². The summed E-state index contributed by atoms with van der Waals surface area (Å²) in [7, 11) is -4.00. The van der Waals surface area contributed by atoms with Crippen LogP contribution in [-0.2, 0) is 19.6 Å². The number of aromatic nitrogens is 1. The molecule has 0 spiro atoms. The fourth-order valence-electron chi connectivity index (χ4n) is 2.54. The predicted molar refractivity (Wildman–Crippen MR) is 103 cm³/mol. The molecular weight excluding hydrogens is 400 g/mol. The maximum absolute atomic E-state index is 12.5. The SMILES string of the molecule is C[C@H](NS(=O)(=O)c1ccc(OCC(=O)O)cc1)C(=O)Oc1c[nH]c2ccccc12. The topological polar surface area (TPSA) is 135 Å². The number of nitrogens with one attached hydrogen (secondary N) is 2. The number of esters is 1. The van der Waals surface area contributed by atoms with Crippen LogP contribution >= 0.6 is 0 Å². The normalized spacial score (nSPS) is 12.4. The van der Waals surface area contributed by atoms with Crippen molar-refractivity contribution in [1.29, 1.82) is 0 Å². The van der Waals surface area contributed by atoms with Crippen molar-refractivity contribution in [2.45, 2.75) is 17.9 Å². The first-order chi connectivity index (χ1) is 13.8. The number of carbonyl (C=O) groups is 2. The van der Waals surface area contributed by atoms with Crippen molar-refractivity contribution in [2.24, 2.45) is 0 Å². The molecule has 0 aliphatic rings. The van der Waals surface area contributed by atoms with Crippen LogP contribution in [0.2, 0.25) is 0 Å². The summed E-state index contributed by atoms with van der Waals surface area (Å²) < 4.78 is 37.5. The Bertz CT molecular complexity index is 1140. The molecule has 1 aromatic heterocycles. The number of aromatic amines is 1. The molecule has 0 aliphatic heterocycles. The van der Waals surface area contributed by atoms with E-state index in [0.717, 1.165) is 5.52 Å². The van der Waals surface area contributed by atoms with Crippen LogP contribution in [0.25, 0.3) is 10.9 Å². The molecule has 3 N–H and O–H groups in total. The van der Waals surface area contributed by atoms with Crippen molar-refractivity contribution in [3.63, 3.8) is 0 Å². The minimum Gasteiger partial charge on any atom is -0.482 e. The molecule has 0 unspecified atom stereocenters. The fourth-order valence-corrected chi connectivity index (χ4v) is 3.73. The Morgan fingerprint density at radius 1 is 1.14 bits per heavy atom. The van der Waals surface area contributed by atoms with Crippen molar-refractivity contribution >= 4 is 32.9 Å². The third-order valence-corrected chi connectivity index (χ3v) is 5.50. The molecule has 152 valence electrons. The van der Waals surface area contributed by atoms with Crippen LogP contribution in [-0.4, -0.2) is 43.1 Å². The van der Waals surface area contributed by atoms with Gasteiger partial charge in [0.25, 0.3) is 0 Å². The quantitative estimate of drug-likeness (QED) is 0.476. The molecule has 3 rings (SSSR count). The van der Waals surface area contributed by atoms with E-state index >= 15 is 0 Å². The molecule has 2 aromatic carbocycles. The van der Waals surface area contributed by atoms with Gasteiger partial charge in [0.15, 0.2) is 12.4 Å². The maximum Gasteiger partial charge on any atom is 0.341 e. The van der Waals surface area contributed by atoms with E-state index in [1.807, 2.05) is 12.1 Å². The van der Waals surface area contributed by atoms with Gasteiger partial charge in [0.2, 0.25) is 10.0 Å². The molecule has 1 atom stereocenters. The first-order valence-corrected chi connectivity index (χ1v) is 9.99. The van der Waals surface area contributed by atoms with E-state index in [1.54, 1.807) is 12.1 Å². The molecule has 0 amide bonds. The zero-order chi connectivity index (χ0) is 21.0. The Morgan fingerprint density at radius 3 is 2.52 bits per heavy atom. The summed E-state index contributed by atoms with van der Waals surface area (Å²) >= 11 is 0. The lowest BCUT2D eigenvalue weighted by Crippen LogP contribution is -2.40. The van der Waals surface area contributed by atoms with Gasteiger partial charge in [-0.1, -0.05) is 12.1 Å². The summed E-state index contributed by atoms with van der Waals surface area (Å²) in [5.74, 6) is -1.40. The van der Waals surface area contributed by atoms with Crippen LogP contribution in [0.4, 0.5) is 0 Å². The Kier molecular flexibility index (Phi) is 5.85. The summed E-state index contributed by atoms with van der Waals surface area (Å²) in [6, 6.07) is 11.2. The van der Waals surface area contributed by atoms with E-state index in [0.29, 0.717) is 11.1 Å². The number of carbonyl (C=O) groups excluding carboxylic acids is 1. The Morgan fingerprint density at radius 2 is 1.83 bits per heavy atom. The molecular formula is C19H18N2O7S. The van der Waals surface area contributed by atoms with Crippen molar-refractivity contribution in [3.8, 4) is 11.5 Å². The van der Waals surface area contributed by atoms with Crippen LogP contribution in [0.15, 0.2) is 59.6 Å². The second-order valence-electron chi connectivity index (χ2n) is 6.12. The molecule has 0 saturated carbocycles. The second-order valence-corrected chi connectivity index (χ2v) is 7.83. The maximum atomic E-state index is 12.5. The Labute approximate surface area is 166 Å². The average molecular weight is 418 g/mol. The highest BCUT2D eigenvalue weighted by atomic mass is 32.2. The number of hydrogen-bond donors (Lipinski definition) is 3. The van der Waals surface area contributed by atoms with Crippen LogP contribution in [0.5, 0.6) is 11.5 Å². The van der Waals surface area contributed by atoms with Crippen LogP contribution in [0.1, 0.15) is 6.92 Å². The van der Waals surface area contributed by atoms with Crippen LogP contribution in [0.3, 0.4) is 0 Å². The van der Waals surface area contributed by atoms with Gasteiger partial charge in [-0.3, -0.25) is 0 Å².